The van der Waals surface area contributed by atoms with Gasteiger partial charge in [-0.1, -0.05) is 20.8 Å². The van der Waals surface area contributed by atoms with Crippen LogP contribution in [0.3, 0.4) is 0 Å². The molecule has 0 bridgehead atoms. The number of rotatable bonds is 7. The molecule has 0 saturated carbocycles. The van der Waals surface area contributed by atoms with Gasteiger partial charge in [-0.3, -0.25) is 9.59 Å². The van der Waals surface area contributed by atoms with Gasteiger partial charge >= 0.3 is 0 Å². The van der Waals surface area contributed by atoms with E-state index in [0.717, 1.165) is 5.69 Å². The maximum atomic E-state index is 12.0. The van der Waals surface area contributed by atoms with Gasteiger partial charge in [0.15, 0.2) is 0 Å². The Hall–Kier alpha value is -2.15. The molecule has 21 heavy (non-hydrogen) atoms. The summed E-state index contributed by atoms with van der Waals surface area (Å²) < 4.78 is 0. The topological polar surface area (TPSA) is 109 Å². The molecule has 0 saturated heterocycles. The third-order valence-corrected chi connectivity index (χ3v) is 2.77. The highest BCUT2D eigenvalue weighted by Gasteiger charge is 2.11. The number of nitrogens with zero attached hydrogens (tertiary/aromatic N) is 1. The number of amides is 2. The number of nitrogens with one attached hydrogen (secondary N) is 3. The first-order valence-electron chi connectivity index (χ1n) is 6.98. The first-order chi connectivity index (χ1) is 9.96. The SMILES string of the molecule is CCc1cc(C(=O)NCC(=O)NCC(C)C)cc(NN)n1. The van der Waals surface area contributed by atoms with Crippen molar-refractivity contribution in [1.29, 1.82) is 0 Å². The van der Waals surface area contributed by atoms with E-state index < -0.39 is 0 Å². The van der Waals surface area contributed by atoms with Gasteiger partial charge in [-0.25, -0.2) is 10.8 Å². The molecule has 1 heterocycles. The van der Waals surface area contributed by atoms with E-state index in [1.165, 1.54) is 0 Å². The van der Waals surface area contributed by atoms with E-state index in [4.69, 9.17) is 5.84 Å². The second-order valence-corrected chi connectivity index (χ2v) is 5.11. The Bertz CT molecular complexity index is 480. The van der Waals surface area contributed by atoms with Gasteiger partial charge in [0.05, 0.1) is 6.54 Å². The van der Waals surface area contributed by atoms with Crippen molar-refractivity contribution in [3.8, 4) is 0 Å². The molecular formula is C14H23N5O2. The monoisotopic (exact) mass is 293 g/mol. The molecule has 0 radical (unpaired) electrons. The van der Waals surface area contributed by atoms with Crippen LogP contribution in [0.5, 0.6) is 0 Å². The number of pyridine rings is 1. The van der Waals surface area contributed by atoms with Crippen LogP contribution in [-0.2, 0) is 11.2 Å². The molecule has 5 N–H and O–H groups in total. The third-order valence-electron chi connectivity index (χ3n) is 2.77. The number of nitrogen functional groups attached to an aromatic ring is 1. The maximum Gasteiger partial charge on any atom is 0.251 e. The number of hydrogen-bond donors (Lipinski definition) is 4. The molecule has 7 heteroatoms. The summed E-state index contributed by atoms with van der Waals surface area (Å²) in [5.74, 6) is 5.58. The minimum absolute atomic E-state index is 0.0548. The zero-order chi connectivity index (χ0) is 15.8. The van der Waals surface area contributed by atoms with E-state index >= 15 is 0 Å². The Kier molecular flexibility index (Phi) is 6.61. The Morgan fingerprint density at radius 3 is 2.57 bits per heavy atom. The molecule has 7 nitrogen and oxygen atoms in total. The van der Waals surface area contributed by atoms with Crippen LogP contribution in [0.15, 0.2) is 12.1 Å². The number of nitrogens with two attached hydrogens (primary N) is 1. The van der Waals surface area contributed by atoms with E-state index in [-0.39, 0.29) is 18.4 Å². The summed E-state index contributed by atoms with van der Waals surface area (Å²) >= 11 is 0. The van der Waals surface area contributed by atoms with E-state index in [0.29, 0.717) is 30.3 Å². The summed E-state index contributed by atoms with van der Waals surface area (Å²) in [6, 6.07) is 3.22. The van der Waals surface area contributed by atoms with Gasteiger partial charge < -0.3 is 16.1 Å². The predicted octanol–water partition coefficient (Wildman–Crippen LogP) is 0.432. The Morgan fingerprint density at radius 1 is 1.29 bits per heavy atom. The molecule has 0 aliphatic heterocycles. The molecule has 0 aromatic carbocycles. The minimum atomic E-state index is -0.330. The number of anilines is 1. The van der Waals surface area contributed by atoms with Crippen molar-refractivity contribution in [2.75, 3.05) is 18.5 Å². The fraction of sp³-hybridized carbons (Fsp3) is 0.500. The van der Waals surface area contributed by atoms with Crippen LogP contribution in [0.1, 0.15) is 36.8 Å². The molecule has 1 rings (SSSR count). The van der Waals surface area contributed by atoms with Crippen LogP contribution < -0.4 is 21.9 Å². The van der Waals surface area contributed by atoms with E-state index in [1.54, 1.807) is 12.1 Å². The third kappa shape index (κ3) is 5.78. The van der Waals surface area contributed by atoms with Crippen molar-refractivity contribution in [2.45, 2.75) is 27.2 Å². The summed E-state index contributed by atoms with van der Waals surface area (Å²) in [5.41, 5.74) is 3.60. The number of hydrazine groups is 1. The molecule has 0 fully saturated rings. The average molecular weight is 293 g/mol. The van der Waals surface area contributed by atoms with Gasteiger partial charge in [0, 0.05) is 17.8 Å². The summed E-state index contributed by atoms with van der Waals surface area (Å²) in [4.78, 5) is 27.8. The second-order valence-electron chi connectivity index (χ2n) is 5.11. The van der Waals surface area contributed by atoms with Gasteiger partial charge in [0.1, 0.15) is 5.82 Å². The zero-order valence-electron chi connectivity index (χ0n) is 12.7. The summed E-state index contributed by atoms with van der Waals surface area (Å²) in [7, 11) is 0. The van der Waals surface area contributed by atoms with Crippen molar-refractivity contribution in [2.24, 2.45) is 11.8 Å². The summed E-state index contributed by atoms with van der Waals surface area (Å²) in [5, 5.41) is 5.31. The Balaban J connectivity index is 2.61. The molecule has 0 aliphatic rings. The average Bonchev–Trinajstić information content (AvgIpc) is 2.49. The fourth-order valence-corrected chi connectivity index (χ4v) is 1.62. The lowest BCUT2D eigenvalue weighted by molar-refractivity contribution is -0.120. The molecule has 1 aromatic heterocycles. The van der Waals surface area contributed by atoms with Crippen molar-refractivity contribution in [3.05, 3.63) is 23.4 Å². The molecule has 116 valence electrons. The first-order valence-corrected chi connectivity index (χ1v) is 6.98. The fourth-order valence-electron chi connectivity index (χ4n) is 1.62. The minimum Gasteiger partial charge on any atom is -0.354 e. The molecule has 0 atom stereocenters. The molecular weight excluding hydrogens is 270 g/mol. The number of carbonyl (C=O) groups is 2. The highest BCUT2D eigenvalue weighted by atomic mass is 16.2. The Labute approximate surface area is 124 Å². The molecule has 0 aliphatic carbocycles. The van der Waals surface area contributed by atoms with Crippen LogP contribution in [0.2, 0.25) is 0 Å². The highest BCUT2D eigenvalue weighted by molar-refractivity contribution is 5.97. The van der Waals surface area contributed by atoms with Crippen LogP contribution in [0, 0.1) is 5.92 Å². The maximum absolute atomic E-state index is 12.0. The molecule has 2 amide bonds. The van der Waals surface area contributed by atoms with Gasteiger partial charge in [-0.15, -0.1) is 0 Å². The molecule has 0 spiro atoms. The van der Waals surface area contributed by atoms with Gasteiger partial charge in [0.2, 0.25) is 5.91 Å². The van der Waals surface area contributed by atoms with Crippen LogP contribution in [0.4, 0.5) is 5.82 Å². The van der Waals surface area contributed by atoms with Crippen LogP contribution in [-0.4, -0.2) is 29.9 Å². The van der Waals surface area contributed by atoms with Crippen molar-refractivity contribution < 1.29 is 9.59 Å². The second kappa shape index (κ2) is 8.21. The van der Waals surface area contributed by atoms with E-state index in [2.05, 4.69) is 21.0 Å². The summed E-state index contributed by atoms with van der Waals surface area (Å²) in [6.45, 7) is 6.47. The predicted molar refractivity (Wildman–Crippen MR) is 81.6 cm³/mol. The number of aryl methyl sites for hydroxylation is 1. The van der Waals surface area contributed by atoms with Crippen LogP contribution >= 0.6 is 0 Å². The van der Waals surface area contributed by atoms with Crippen LogP contribution in [0.25, 0.3) is 0 Å². The lowest BCUT2D eigenvalue weighted by Crippen LogP contribution is -2.38. The zero-order valence-corrected chi connectivity index (χ0v) is 12.7. The highest BCUT2D eigenvalue weighted by Crippen LogP contribution is 2.10. The lowest BCUT2D eigenvalue weighted by atomic mass is 10.2. The lowest BCUT2D eigenvalue weighted by Gasteiger charge is -2.10. The molecule has 0 unspecified atom stereocenters. The first kappa shape index (κ1) is 16.9. The standard InChI is InChI=1S/C14H23N5O2/c1-4-11-5-10(6-12(18-11)19-15)14(21)17-8-13(20)16-7-9(2)3/h5-6,9H,4,7-8,15H2,1-3H3,(H,16,20)(H,17,21)(H,18,19). The van der Waals surface area contributed by atoms with Gasteiger partial charge in [-0.2, -0.15) is 0 Å². The van der Waals surface area contributed by atoms with Gasteiger partial charge in [0.25, 0.3) is 5.91 Å². The summed E-state index contributed by atoms with van der Waals surface area (Å²) in [6.07, 6.45) is 0.685. The quantitative estimate of drug-likeness (QED) is 0.430. The Morgan fingerprint density at radius 2 is 2.00 bits per heavy atom. The molecule has 1 aromatic rings. The normalized spacial score (nSPS) is 10.3. The van der Waals surface area contributed by atoms with Crippen molar-refractivity contribution >= 4 is 17.6 Å². The smallest absolute Gasteiger partial charge is 0.251 e. The van der Waals surface area contributed by atoms with E-state index in [1.807, 2.05) is 20.8 Å². The van der Waals surface area contributed by atoms with Crippen molar-refractivity contribution in [3.63, 3.8) is 0 Å². The number of aromatic nitrogens is 1. The van der Waals surface area contributed by atoms with Gasteiger partial charge in [-0.05, 0) is 24.5 Å². The largest absolute Gasteiger partial charge is 0.354 e. The number of carbonyl (C=O) groups excluding carboxylic acids is 2. The van der Waals surface area contributed by atoms with E-state index in [9.17, 15) is 9.59 Å². The van der Waals surface area contributed by atoms with Crippen molar-refractivity contribution in [1.82, 2.24) is 15.6 Å². The number of hydrogen-bond acceptors (Lipinski definition) is 5.